The zero-order chi connectivity index (χ0) is 17.6. The largest absolute Gasteiger partial charge is 0.497 e. The number of nitrogens with one attached hydrogen (secondary N) is 1. The lowest BCUT2D eigenvalue weighted by Gasteiger charge is -2.05. The van der Waals surface area contributed by atoms with Crippen LogP contribution in [-0.2, 0) is 0 Å². The van der Waals surface area contributed by atoms with E-state index in [1.807, 2.05) is 30.3 Å². The van der Waals surface area contributed by atoms with Crippen molar-refractivity contribution in [3.8, 4) is 28.5 Å². The zero-order valence-electron chi connectivity index (χ0n) is 14.2. The molecule has 0 atom stereocenters. The van der Waals surface area contributed by atoms with Crippen LogP contribution in [0.2, 0.25) is 0 Å². The minimum absolute atomic E-state index is 0.476. The number of hydrogen-bond donors (Lipinski definition) is 1. The third kappa shape index (κ3) is 3.77. The molecule has 1 heterocycles. The molecule has 1 aromatic heterocycles. The number of H-pyrrole nitrogens is 1. The van der Waals surface area contributed by atoms with Gasteiger partial charge in [-0.3, -0.25) is 5.10 Å². The van der Waals surface area contributed by atoms with Gasteiger partial charge in [-0.05, 0) is 42.0 Å². The predicted octanol–water partition coefficient (Wildman–Crippen LogP) is 4.52. The van der Waals surface area contributed by atoms with Gasteiger partial charge < -0.3 is 14.2 Å². The van der Waals surface area contributed by atoms with Gasteiger partial charge in [-0.1, -0.05) is 0 Å². The molecule has 0 radical (unpaired) electrons. The van der Waals surface area contributed by atoms with E-state index in [2.05, 4.69) is 20.4 Å². The van der Waals surface area contributed by atoms with E-state index in [0.717, 1.165) is 17.0 Å². The van der Waals surface area contributed by atoms with Crippen LogP contribution >= 0.6 is 0 Å². The Morgan fingerprint density at radius 2 is 1.52 bits per heavy atom. The summed E-state index contributed by atoms with van der Waals surface area (Å²) in [6.45, 7) is 0. The maximum atomic E-state index is 5.30. The Balaban J connectivity index is 1.80. The summed E-state index contributed by atoms with van der Waals surface area (Å²) < 4.78 is 15.6. The van der Waals surface area contributed by atoms with Gasteiger partial charge >= 0.3 is 0 Å². The normalized spacial score (nSPS) is 10.8. The molecule has 0 saturated heterocycles. The molecule has 2 aromatic carbocycles. The number of hydrogen-bond acceptors (Lipinski definition) is 6. The van der Waals surface area contributed by atoms with Crippen LogP contribution in [0.1, 0.15) is 0 Å². The number of methoxy groups -OCH3 is 3. The maximum absolute atomic E-state index is 5.30. The molecule has 0 spiro atoms. The standard InChI is InChI=1S/C18H18N4O3/c1-23-13-6-4-12(5-7-13)16-11-18(22-20-16)21-19-15-9-8-14(24-2)10-17(15)25-3/h4-11H,1-3H3,(H,20,22). The first kappa shape index (κ1) is 16.5. The van der Waals surface area contributed by atoms with E-state index in [-0.39, 0.29) is 0 Å². The van der Waals surface area contributed by atoms with Gasteiger partial charge in [0, 0.05) is 12.1 Å². The lowest BCUT2D eigenvalue weighted by Crippen LogP contribution is -1.86. The van der Waals surface area contributed by atoms with Crippen molar-refractivity contribution < 1.29 is 14.2 Å². The Morgan fingerprint density at radius 3 is 2.20 bits per heavy atom. The highest BCUT2D eigenvalue weighted by Crippen LogP contribution is 2.32. The van der Waals surface area contributed by atoms with Crippen LogP contribution < -0.4 is 14.2 Å². The van der Waals surface area contributed by atoms with Crippen molar-refractivity contribution in [1.82, 2.24) is 10.2 Å². The Kier molecular flexibility index (Phi) is 4.94. The molecule has 0 aliphatic carbocycles. The average molecular weight is 338 g/mol. The molecule has 0 unspecified atom stereocenters. The molecule has 3 aromatic rings. The quantitative estimate of drug-likeness (QED) is 0.670. The number of aromatic nitrogens is 2. The molecule has 25 heavy (non-hydrogen) atoms. The number of rotatable bonds is 6. The van der Waals surface area contributed by atoms with Crippen molar-refractivity contribution in [1.29, 1.82) is 0 Å². The summed E-state index contributed by atoms with van der Waals surface area (Å²) in [4.78, 5) is 0. The molecule has 3 rings (SSSR count). The molecular formula is C18H18N4O3. The summed E-state index contributed by atoms with van der Waals surface area (Å²) in [5.74, 6) is 2.55. The highest BCUT2D eigenvalue weighted by Gasteiger charge is 2.06. The number of aromatic amines is 1. The van der Waals surface area contributed by atoms with Gasteiger partial charge in [0.15, 0.2) is 5.82 Å². The van der Waals surface area contributed by atoms with Crippen molar-refractivity contribution in [3.05, 3.63) is 48.5 Å². The number of ether oxygens (including phenoxy) is 3. The lowest BCUT2D eigenvalue weighted by atomic mass is 10.1. The lowest BCUT2D eigenvalue weighted by molar-refractivity contribution is 0.395. The molecule has 0 aliphatic heterocycles. The van der Waals surface area contributed by atoms with E-state index in [4.69, 9.17) is 14.2 Å². The molecule has 7 nitrogen and oxygen atoms in total. The van der Waals surface area contributed by atoms with Crippen LogP contribution in [-0.4, -0.2) is 31.5 Å². The number of azo groups is 1. The molecular weight excluding hydrogens is 320 g/mol. The predicted molar refractivity (Wildman–Crippen MR) is 94.3 cm³/mol. The molecule has 7 heteroatoms. The van der Waals surface area contributed by atoms with Crippen molar-refractivity contribution in [2.24, 2.45) is 10.2 Å². The summed E-state index contributed by atoms with van der Waals surface area (Å²) >= 11 is 0. The second-order valence-electron chi connectivity index (χ2n) is 5.11. The SMILES string of the molecule is COc1ccc(-c2cc(N=Nc3ccc(OC)cc3OC)n[nH]2)cc1. The summed E-state index contributed by atoms with van der Waals surface area (Å²) in [5.41, 5.74) is 2.42. The Bertz CT molecular complexity index is 872. The van der Waals surface area contributed by atoms with Gasteiger partial charge in [0.1, 0.15) is 22.9 Å². The Labute approximate surface area is 145 Å². The van der Waals surface area contributed by atoms with Gasteiger partial charge in [0.25, 0.3) is 0 Å². The van der Waals surface area contributed by atoms with Crippen LogP contribution in [0.25, 0.3) is 11.3 Å². The summed E-state index contributed by atoms with van der Waals surface area (Å²) in [6.07, 6.45) is 0. The fraction of sp³-hybridized carbons (Fsp3) is 0.167. The van der Waals surface area contributed by atoms with E-state index in [0.29, 0.717) is 23.0 Å². The van der Waals surface area contributed by atoms with Gasteiger partial charge in [-0.15, -0.1) is 10.2 Å². The molecule has 0 aliphatic rings. The number of nitrogens with zero attached hydrogens (tertiary/aromatic N) is 3. The fourth-order valence-corrected chi connectivity index (χ4v) is 2.25. The highest BCUT2D eigenvalue weighted by molar-refractivity contribution is 5.62. The maximum Gasteiger partial charge on any atom is 0.196 e. The first-order chi connectivity index (χ1) is 12.2. The van der Waals surface area contributed by atoms with Gasteiger partial charge in [-0.2, -0.15) is 5.10 Å². The monoisotopic (exact) mass is 338 g/mol. The van der Waals surface area contributed by atoms with E-state index >= 15 is 0 Å². The van der Waals surface area contributed by atoms with Gasteiger partial charge in [0.2, 0.25) is 0 Å². The van der Waals surface area contributed by atoms with Crippen molar-refractivity contribution in [2.75, 3.05) is 21.3 Å². The third-order valence-corrected chi connectivity index (χ3v) is 3.61. The minimum atomic E-state index is 0.476. The summed E-state index contributed by atoms with van der Waals surface area (Å²) in [7, 11) is 4.81. The molecule has 0 amide bonds. The molecule has 0 saturated carbocycles. The zero-order valence-corrected chi connectivity index (χ0v) is 14.2. The molecule has 128 valence electrons. The van der Waals surface area contributed by atoms with E-state index in [9.17, 15) is 0 Å². The Morgan fingerprint density at radius 1 is 0.800 bits per heavy atom. The van der Waals surface area contributed by atoms with Crippen LogP contribution in [0.15, 0.2) is 58.8 Å². The number of benzene rings is 2. The van der Waals surface area contributed by atoms with Crippen LogP contribution in [0.3, 0.4) is 0 Å². The van der Waals surface area contributed by atoms with E-state index in [1.54, 1.807) is 39.5 Å². The molecule has 1 N–H and O–H groups in total. The van der Waals surface area contributed by atoms with Crippen molar-refractivity contribution in [2.45, 2.75) is 0 Å². The van der Waals surface area contributed by atoms with Crippen molar-refractivity contribution >= 4 is 11.5 Å². The van der Waals surface area contributed by atoms with Crippen LogP contribution in [0, 0.1) is 0 Å². The van der Waals surface area contributed by atoms with E-state index < -0.39 is 0 Å². The minimum Gasteiger partial charge on any atom is -0.497 e. The van der Waals surface area contributed by atoms with Crippen LogP contribution in [0.5, 0.6) is 17.2 Å². The van der Waals surface area contributed by atoms with Crippen LogP contribution in [0.4, 0.5) is 11.5 Å². The van der Waals surface area contributed by atoms with Gasteiger partial charge in [-0.25, -0.2) is 0 Å². The topological polar surface area (TPSA) is 81.1 Å². The fourth-order valence-electron chi connectivity index (χ4n) is 2.25. The van der Waals surface area contributed by atoms with Crippen molar-refractivity contribution in [3.63, 3.8) is 0 Å². The first-order valence-corrected chi connectivity index (χ1v) is 7.57. The average Bonchev–Trinajstić information content (AvgIpc) is 3.15. The van der Waals surface area contributed by atoms with Gasteiger partial charge in [0.05, 0.1) is 27.0 Å². The summed E-state index contributed by atoms with van der Waals surface area (Å²) in [5, 5.41) is 15.5. The third-order valence-electron chi connectivity index (χ3n) is 3.61. The highest BCUT2D eigenvalue weighted by atomic mass is 16.5. The first-order valence-electron chi connectivity index (χ1n) is 7.57. The smallest absolute Gasteiger partial charge is 0.196 e. The summed E-state index contributed by atoms with van der Waals surface area (Å²) in [6, 6.07) is 14.8. The van der Waals surface area contributed by atoms with E-state index in [1.165, 1.54) is 0 Å². The second kappa shape index (κ2) is 7.48. The molecule has 0 bridgehead atoms. The Hall–Kier alpha value is -3.35. The second-order valence-corrected chi connectivity index (χ2v) is 5.11. The molecule has 0 fully saturated rings.